The predicted octanol–water partition coefficient (Wildman–Crippen LogP) is 4.66. The van der Waals surface area contributed by atoms with Gasteiger partial charge in [-0.05, 0) is 44.8 Å². The second-order valence-corrected chi connectivity index (χ2v) is 10.8. The first-order chi connectivity index (χ1) is 16.5. The summed E-state index contributed by atoms with van der Waals surface area (Å²) in [7, 11) is -0.816. The molecule has 3 aromatic rings. The fourth-order valence-corrected chi connectivity index (χ4v) is 5.73. The second-order valence-electron chi connectivity index (χ2n) is 8.84. The highest BCUT2D eigenvalue weighted by molar-refractivity contribution is 7.92. The van der Waals surface area contributed by atoms with Gasteiger partial charge in [-0.25, -0.2) is 22.2 Å². The lowest BCUT2D eigenvalue weighted by molar-refractivity contribution is 0.262. The van der Waals surface area contributed by atoms with Gasteiger partial charge in [-0.1, -0.05) is 48.0 Å². The van der Waals surface area contributed by atoms with Crippen molar-refractivity contribution >= 4 is 33.1 Å². The summed E-state index contributed by atoms with van der Waals surface area (Å²) in [5, 5.41) is -0.506. The molecule has 11 heteroatoms. The van der Waals surface area contributed by atoms with Crippen molar-refractivity contribution in [1.29, 1.82) is 0 Å². The van der Waals surface area contributed by atoms with Gasteiger partial charge < -0.3 is 9.80 Å². The average molecular weight is 525 g/mol. The number of benzene rings is 2. The van der Waals surface area contributed by atoms with E-state index in [4.69, 9.17) is 11.6 Å². The van der Waals surface area contributed by atoms with E-state index in [1.807, 2.05) is 49.1 Å². The fraction of sp³-hybridized carbons (Fsp3) is 0.292. The zero-order valence-electron chi connectivity index (χ0n) is 19.1. The van der Waals surface area contributed by atoms with Crippen molar-refractivity contribution in [3.8, 4) is 0 Å². The monoisotopic (exact) mass is 524 g/mol. The molecule has 1 N–H and O–H groups in total. The van der Waals surface area contributed by atoms with E-state index < -0.39 is 43.3 Å². The Morgan fingerprint density at radius 3 is 2.40 bits per heavy atom. The SMILES string of the molecule is CN(C)CCC1(c2ccccc2)CN(c2cc(F)c(S(=O)(=O)Nc3cccc(F)n3)c(F)c2Cl)C1. The highest BCUT2D eigenvalue weighted by atomic mass is 35.5. The van der Waals surface area contributed by atoms with Crippen LogP contribution in [0.15, 0.2) is 59.5 Å². The van der Waals surface area contributed by atoms with Crippen LogP contribution in [0, 0.1) is 17.6 Å². The highest BCUT2D eigenvalue weighted by Gasteiger charge is 2.45. The van der Waals surface area contributed by atoms with E-state index in [1.165, 1.54) is 6.07 Å². The average Bonchev–Trinajstić information content (AvgIpc) is 2.76. The summed E-state index contributed by atoms with van der Waals surface area (Å²) in [5.74, 6) is -4.10. The topological polar surface area (TPSA) is 65.5 Å². The first-order valence-electron chi connectivity index (χ1n) is 10.8. The number of hydrogen-bond acceptors (Lipinski definition) is 5. The molecule has 2 aromatic carbocycles. The number of anilines is 2. The van der Waals surface area contributed by atoms with Gasteiger partial charge in [-0.15, -0.1) is 0 Å². The molecule has 0 aliphatic carbocycles. The van der Waals surface area contributed by atoms with E-state index in [2.05, 4.69) is 9.88 Å². The van der Waals surface area contributed by atoms with E-state index in [0.29, 0.717) is 13.1 Å². The maximum Gasteiger partial charge on any atom is 0.268 e. The summed E-state index contributed by atoms with van der Waals surface area (Å²) in [6.07, 6.45) is 0.820. The first kappa shape index (κ1) is 25.3. The molecule has 0 radical (unpaired) electrons. The van der Waals surface area contributed by atoms with Gasteiger partial charge in [-0.2, -0.15) is 4.39 Å². The van der Waals surface area contributed by atoms with Crippen LogP contribution < -0.4 is 9.62 Å². The molecule has 4 rings (SSSR count). The smallest absolute Gasteiger partial charge is 0.268 e. The van der Waals surface area contributed by atoms with Crippen LogP contribution in [0.2, 0.25) is 5.02 Å². The van der Waals surface area contributed by atoms with Crippen LogP contribution in [0.5, 0.6) is 0 Å². The molecule has 1 saturated heterocycles. The summed E-state index contributed by atoms with van der Waals surface area (Å²) in [4.78, 5) is 5.91. The first-order valence-corrected chi connectivity index (χ1v) is 12.7. The number of halogens is 4. The Hall–Kier alpha value is -2.82. The molecule has 186 valence electrons. The Labute approximate surface area is 207 Å². The number of rotatable bonds is 8. The quantitative estimate of drug-likeness (QED) is 0.343. The van der Waals surface area contributed by atoms with Crippen molar-refractivity contribution in [1.82, 2.24) is 9.88 Å². The van der Waals surface area contributed by atoms with Crippen molar-refractivity contribution in [2.45, 2.75) is 16.7 Å². The van der Waals surface area contributed by atoms with E-state index in [-0.39, 0.29) is 11.1 Å². The van der Waals surface area contributed by atoms with Crippen LogP contribution in [-0.4, -0.2) is 52.0 Å². The Balaban J connectivity index is 1.63. The van der Waals surface area contributed by atoms with Crippen molar-refractivity contribution in [3.05, 3.63) is 82.8 Å². The Morgan fingerprint density at radius 2 is 1.77 bits per heavy atom. The molecule has 35 heavy (non-hydrogen) atoms. The van der Waals surface area contributed by atoms with E-state index in [1.54, 1.807) is 4.90 Å². The minimum absolute atomic E-state index is 0.0703. The van der Waals surface area contributed by atoms with Crippen LogP contribution in [0.4, 0.5) is 24.7 Å². The van der Waals surface area contributed by atoms with Crippen LogP contribution in [0.25, 0.3) is 0 Å². The maximum absolute atomic E-state index is 15.2. The van der Waals surface area contributed by atoms with Crippen molar-refractivity contribution < 1.29 is 21.6 Å². The van der Waals surface area contributed by atoms with Crippen LogP contribution >= 0.6 is 11.6 Å². The molecule has 0 amide bonds. The molecular formula is C24H24ClF3N4O2S. The third kappa shape index (κ3) is 5.10. The summed E-state index contributed by atoms with van der Waals surface area (Å²) in [5.41, 5.74) is 0.944. The largest absolute Gasteiger partial charge is 0.368 e. The number of nitrogens with zero attached hydrogens (tertiary/aromatic N) is 3. The van der Waals surface area contributed by atoms with Gasteiger partial charge in [0.05, 0.1) is 5.69 Å². The van der Waals surface area contributed by atoms with Crippen LogP contribution in [0.3, 0.4) is 0 Å². The third-order valence-corrected chi connectivity index (χ3v) is 7.82. The van der Waals surface area contributed by atoms with E-state index >= 15 is 8.78 Å². The molecule has 1 fully saturated rings. The summed E-state index contributed by atoms with van der Waals surface area (Å²) in [6.45, 7) is 1.73. The lowest BCUT2D eigenvalue weighted by atomic mass is 9.71. The van der Waals surface area contributed by atoms with Crippen molar-refractivity contribution in [2.75, 3.05) is 43.4 Å². The molecule has 2 heterocycles. The number of sulfonamides is 1. The maximum atomic E-state index is 15.2. The van der Waals surface area contributed by atoms with E-state index in [9.17, 15) is 12.8 Å². The Morgan fingerprint density at radius 1 is 1.09 bits per heavy atom. The van der Waals surface area contributed by atoms with E-state index in [0.717, 1.165) is 36.7 Å². The lowest BCUT2D eigenvalue weighted by Gasteiger charge is -2.52. The molecule has 0 unspecified atom stereocenters. The highest BCUT2D eigenvalue weighted by Crippen LogP contribution is 2.44. The van der Waals surface area contributed by atoms with Gasteiger partial charge in [0.1, 0.15) is 16.7 Å². The molecule has 1 aliphatic rings. The molecule has 0 atom stereocenters. The number of hydrogen-bond donors (Lipinski definition) is 1. The van der Waals surface area contributed by atoms with Gasteiger partial charge in [-0.3, -0.25) is 4.72 Å². The van der Waals surface area contributed by atoms with Gasteiger partial charge in [0.15, 0.2) is 10.7 Å². The normalized spacial score (nSPS) is 15.2. The van der Waals surface area contributed by atoms with Gasteiger partial charge in [0.25, 0.3) is 10.0 Å². The summed E-state index contributed by atoms with van der Waals surface area (Å²) < 4.78 is 70.7. The summed E-state index contributed by atoms with van der Waals surface area (Å²) in [6, 6.07) is 14.2. The molecule has 0 saturated carbocycles. The second kappa shape index (κ2) is 9.67. The van der Waals surface area contributed by atoms with Crippen molar-refractivity contribution in [2.24, 2.45) is 0 Å². The molecule has 1 aromatic heterocycles. The van der Waals surface area contributed by atoms with Crippen molar-refractivity contribution in [3.63, 3.8) is 0 Å². The Bertz CT molecular complexity index is 1330. The zero-order valence-corrected chi connectivity index (χ0v) is 20.7. The predicted molar refractivity (Wildman–Crippen MR) is 130 cm³/mol. The lowest BCUT2D eigenvalue weighted by Crippen LogP contribution is -2.60. The Kier molecular flexibility index (Phi) is 6.99. The molecule has 0 bridgehead atoms. The number of nitrogens with one attached hydrogen (secondary N) is 1. The van der Waals surface area contributed by atoms with Gasteiger partial charge >= 0.3 is 0 Å². The van der Waals surface area contributed by atoms with Gasteiger partial charge in [0, 0.05) is 24.6 Å². The van der Waals surface area contributed by atoms with Crippen LogP contribution in [0.1, 0.15) is 12.0 Å². The number of pyridine rings is 1. The molecule has 1 aliphatic heterocycles. The molecular weight excluding hydrogens is 501 g/mol. The number of aromatic nitrogens is 1. The molecule has 6 nitrogen and oxygen atoms in total. The fourth-order valence-electron chi connectivity index (χ4n) is 4.27. The third-order valence-electron chi connectivity index (χ3n) is 6.07. The minimum atomic E-state index is -4.77. The summed E-state index contributed by atoms with van der Waals surface area (Å²) >= 11 is 6.22. The standard InChI is InChI=1S/C24H24ClF3N4O2S/c1-31(2)12-11-24(16-7-4-3-5-8-16)14-32(15-24)18-13-17(26)23(22(28)21(18)25)35(33,34)30-20-10-6-9-19(27)29-20/h3-10,13H,11-12,14-15H2,1-2H3,(H,29,30). The van der Waals surface area contributed by atoms with Crippen LogP contribution in [-0.2, 0) is 15.4 Å². The van der Waals surface area contributed by atoms with Gasteiger partial charge in [0.2, 0.25) is 5.95 Å². The molecule has 0 spiro atoms. The zero-order chi connectivity index (χ0) is 25.4. The minimum Gasteiger partial charge on any atom is -0.368 e.